The summed E-state index contributed by atoms with van der Waals surface area (Å²) >= 11 is 0. The Bertz CT molecular complexity index is 585. The van der Waals surface area contributed by atoms with Gasteiger partial charge in [0, 0.05) is 18.7 Å². The summed E-state index contributed by atoms with van der Waals surface area (Å²) in [5.74, 6) is -0.977. The summed E-state index contributed by atoms with van der Waals surface area (Å²) in [6.07, 6.45) is 1.17. The van der Waals surface area contributed by atoms with Crippen LogP contribution in [0.15, 0.2) is 18.2 Å². The molecule has 0 bridgehead atoms. The van der Waals surface area contributed by atoms with E-state index >= 15 is 0 Å². The molecule has 0 saturated carbocycles. The molecule has 112 valence electrons. The fourth-order valence-corrected chi connectivity index (χ4v) is 2.37. The number of hydrogen-bond donors (Lipinski definition) is 0. The number of carbonyl (C=O) groups excluding carboxylic acids is 2. The Labute approximate surface area is 121 Å². The van der Waals surface area contributed by atoms with E-state index in [2.05, 4.69) is 0 Å². The fourth-order valence-electron chi connectivity index (χ4n) is 2.37. The van der Waals surface area contributed by atoms with Crippen LogP contribution in [0.3, 0.4) is 0 Å². The third kappa shape index (κ3) is 3.36. The largest absolute Gasteiger partial charge is 0.466 e. The van der Waals surface area contributed by atoms with Gasteiger partial charge >= 0.3 is 5.97 Å². The molecule has 7 heteroatoms. The van der Waals surface area contributed by atoms with Gasteiger partial charge < -0.3 is 9.64 Å². The SMILES string of the molecule is CCOC(=O)CC(=O)N1CCCc2ccc([N+](=O)[O-])cc21. The summed E-state index contributed by atoms with van der Waals surface area (Å²) in [6.45, 7) is 2.34. The molecular weight excluding hydrogens is 276 g/mol. The molecule has 1 aromatic rings. The number of nitrogens with zero attached hydrogens (tertiary/aromatic N) is 2. The molecule has 21 heavy (non-hydrogen) atoms. The van der Waals surface area contributed by atoms with Gasteiger partial charge in [0.2, 0.25) is 5.91 Å². The number of non-ortho nitro benzene ring substituents is 1. The summed E-state index contributed by atoms with van der Waals surface area (Å²) in [5.41, 5.74) is 1.33. The molecule has 1 amide bonds. The third-order valence-electron chi connectivity index (χ3n) is 3.30. The van der Waals surface area contributed by atoms with Crippen LogP contribution in [0.1, 0.15) is 25.3 Å². The average Bonchev–Trinajstić information content (AvgIpc) is 2.46. The van der Waals surface area contributed by atoms with E-state index in [9.17, 15) is 19.7 Å². The van der Waals surface area contributed by atoms with E-state index in [-0.39, 0.29) is 18.7 Å². The number of benzene rings is 1. The van der Waals surface area contributed by atoms with E-state index in [1.807, 2.05) is 0 Å². The van der Waals surface area contributed by atoms with Crippen molar-refractivity contribution in [1.82, 2.24) is 0 Å². The second kappa shape index (κ2) is 6.34. The minimum atomic E-state index is -0.583. The number of nitro groups is 1. The number of rotatable bonds is 4. The van der Waals surface area contributed by atoms with Crippen LogP contribution in [-0.4, -0.2) is 30.0 Å². The summed E-state index contributed by atoms with van der Waals surface area (Å²) in [5, 5.41) is 10.9. The predicted octanol–water partition coefficient (Wildman–Crippen LogP) is 1.83. The third-order valence-corrected chi connectivity index (χ3v) is 3.30. The van der Waals surface area contributed by atoms with Crippen molar-refractivity contribution in [3.05, 3.63) is 33.9 Å². The molecule has 0 spiro atoms. The molecule has 0 radical (unpaired) electrons. The molecule has 1 aliphatic heterocycles. The van der Waals surface area contributed by atoms with E-state index in [1.54, 1.807) is 13.0 Å². The van der Waals surface area contributed by atoms with Crippen molar-refractivity contribution < 1.29 is 19.2 Å². The zero-order chi connectivity index (χ0) is 15.4. The zero-order valence-electron chi connectivity index (χ0n) is 11.7. The molecule has 1 aromatic carbocycles. The molecule has 7 nitrogen and oxygen atoms in total. The maximum Gasteiger partial charge on any atom is 0.315 e. The molecule has 1 aliphatic rings. The maximum absolute atomic E-state index is 12.2. The Morgan fingerprint density at radius 1 is 1.43 bits per heavy atom. The first kappa shape index (κ1) is 15.0. The standard InChI is InChI=1S/C14H16N2O5/c1-2-21-14(18)9-13(17)15-7-3-4-10-5-6-11(16(19)20)8-12(10)15/h5-6,8H,2-4,7,9H2,1H3. The first-order valence-electron chi connectivity index (χ1n) is 6.76. The normalized spacial score (nSPS) is 13.5. The molecule has 0 fully saturated rings. The first-order valence-corrected chi connectivity index (χ1v) is 6.76. The Kier molecular flexibility index (Phi) is 4.52. The number of amides is 1. The molecule has 0 saturated heterocycles. The molecule has 2 rings (SSSR count). The molecule has 0 aromatic heterocycles. The molecule has 0 atom stereocenters. The van der Waals surface area contributed by atoms with Crippen molar-refractivity contribution in [1.29, 1.82) is 0 Å². The lowest BCUT2D eigenvalue weighted by Crippen LogP contribution is -2.36. The van der Waals surface area contributed by atoms with Crippen molar-refractivity contribution in [3.8, 4) is 0 Å². The van der Waals surface area contributed by atoms with Crippen LogP contribution in [0.4, 0.5) is 11.4 Å². The van der Waals surface area contributed by atoms with Gasteiger partial charge in [-0.05, 0) is 25.3 Å². The minimum absolute atomic E-state index is 0.0652. The van der Waals surface area contributed by atoms with Gasteiger partial charge in [0.05, 0.1) is 17.2 Å². The van der Waals surface area contributed by atoms with Gasteiger partial charge in [-0.15, -0.1) is 0 Å². The molecule has 0 unspecified atom stereocenters. The highest BCUT2D eigenvalue weighted by atomic mass is 16.6. The Hall–Kier alpha value is -2.44. The van der Waals surface area contributed by atoms with Gasteiger partial charge in [0.15, 0.2) is 0 Å². The topological polar surface area (TPSA) is 89.8 Å². The Balaban J connectivity index is 2.24. The lowest BCUT2D eigenvalue weighted by molar-refractivity contribution is -0.384. The van der Waals surface area contributed by atoms with Crippen molar-refractivity contribution in [2.75, 3.05) is 18.1 Å². The average molecular weight is 292 g/mol. The number of carbonyl (C=O) groups is 2. The van der Waals surface area contributed by atoms with Crippen LogP contribution in [0.2, 0.25) is 0 Å². The van der Waals surface area contributed by atoms with Crippen LogP contribution in [0.5, 0.6) is 0 Å². The van der Waals surface area contributed by atoms with Gasteiger partial charge in [-0.2, -0.15) is 0 Å². The smallest absolute Gasteiger partial charge is 0.315 e. The predicted molar refractivity (Wildman–Crippen MR) is 75.0 cm³/mol. The maximum atomic E-state index is 12.2. The van der Waals surface area contributed by atoms with Crippen molar-refractivity contribution in [2.24, 2.45) is 0 Å². The van der Waals surface area contributed by atoms with E-state index in [1.165, 1.54) is 17.0 Å². The summed E-state index contributed by atoms with van der Waals surface area (Å²) < 4.78 is 4.76. The van der Waals surface area contributed by atoms with Gasteiger partial charge in [-0.3, -0.25) is 19.7 Å². The number of anilines is 1. The van der Waals surface area contributed by atoms with E-state index in [0.29, 0.717) is 12.2 Å². The fraction of sp³-hybridized carbons (Fsp3) is 0.429. The quantitative estimate of drug-likeness (QED) is 0.365. The van der Waals surface area contributed by atoms with Crippen LogP contribution < -0.4 is 4.90 Å². The lowest BCUT2D eigenvalue weighted by Gasteiger charge is -2.29. The molecular formula is C14H16N2O5. The Morgan fingerprint density at radius 3 is 2.86 bits per heavy atom. The summed E-state index contributed by atoms with van der Waals surface area (Å²) in [4.78, 5) is 35.4. The van der Waals surface area contributed by atoms with Crippen LogP contribution in [-0.2, 0) is 20.7 Å². The van der Waals surface area contributed by atoms with Crippen molar-refractivity contribution in [2.45, 2.75) is 26.2 Å². The highest BCUT2D eigenvalue weighted by molar-refractivity contribution is 6.04. The van der Waals surface area contributed by atoms with Gasteiger partial charge in [0.25, 0.3) is 5.69 Å². The number of ether oxygens (including phenoxy) is 1. The zero-order valence-corrected chi connectivity index (χ0v) is 11.7. The van der Waals surface area contributed by atoms with Crippen molar-refractivity contribution in [3.63, 3.8) is 0 Å². The first-order chi connectivity index (χ1) is 10.0. The monoisotopic (exact) mass is 292 g/mol. The minimum Gasteiger partial charge on any atom is -0.466 e. The van der Waals surface area contributed by atoms with Crippen LogP contribution in [0, 0.1) is 10.1 Å². The number of esters is 1. The lowest BCUT2D eigenvalue weighted by atomic mass is 10.0. The highest BCUT2D eigenvalue weighted by Gasteiger charge is 2.26. The second-order valence-corrected chi connectivity index (χ2v) is 4.70. The van der Waals surface area contributed by atoms with Crippen LogP contribution in [0.25, 0.3) is 0 Å². The number of fused-ring (bicyclic) bond motifs is 1. The van der Waals surface area contributed by atoms with Crippen molar-refractivity contribution >= 4 is 23.3 Å². The molecule has 1 heterocycles. The molecule has 0 aliphatic carbocycles. The van der Waals surface area contributed by atoms with Gasteiger partial charge in [-0.1, -0.05) is 6.07 Å². The number of aryl methyl sites for hydroxylation is 1. The van der Waals surface area contributed by atoms with E-state index < -0.39 is 16.8 Å². The van der Waals surface area contributed by atoms with Crippen LogP contribution >= 0.6 is 0 Å². The second-order valence-electron chi connectivity index (χ2n) is 4.70. The van der Waals surface area contributed by atoms with Gasteiger partial charge in [0.1, 0.15) is 6.42 Å². The number of nitro benzene ring substituents is 1. The van der Waals surface area contributed by atoms with Gasteiger partial charge in [-0.25, -0.2) is 0 Å². The highest BCUT2D eigenvalue weighted by Crippen LogP contribution is 2.31. The Morgan fingerprint density at radius 2 is 2.19 bits per heavy atom. The molecule has 0 N–H and O–H groups in total. The number of hydrogen-bond acceptors (Lipinski definition) is 5. The van der Waals surface area contributed by atoms with E-state index in [0.717, 1.165) is 18.4 Å². The summed E-state index contributed by atoms with van der Waals surface area (Å²) in [6, 6.07) is 4.48. The summed E-state index contributed by atoms with van der Waals surface area (Å²) in [7, 11) is 0. The van der Waals surface area contributed by atoms with E-state index in [4.69, 9.17) is 4.74 Å².